The van der Waals surface area contributed by atoms with E-state index in [0.29, 0.717) is 28.7 Å². The third kappa shape index (κ3) is 3.95. The highest BCUT2D eigenvalue weighted by Crippen LogP contribution is 2.22. The van der Waals surface area contributed by atoms with Crippen LogP contribution in [-0.4, -0.2) is 36.5 Å². The quantitative estimate of drug-likeness (QED) is 0.225. The van der Waals surface area contributed by atoms with Gasteiger partial charge in [-0.25, -0.2) is 23.9 Å². The number of aromatic amines is 1. The van der Waals surface area contributed by atoms with Gasteiger partial charge < -0.3 is 38.1 Å². The van der Waals surface area contributed by atoms with Gasteiger partial charge in [-0.3, -0.25) is 4.79 Å². The number of imidazole rings is 1. The fourth-order valence-corrected chi connectivity index (χ4v) is 4.14. The monoisotopic (exact) mass is 565 g/mol. The number of aromatic nitrogens is 5. The number of hydrogen-bond acceptors (Lipinski definition) is 5. The van der Waals surface area contributed by atoms with Gasteiger partial charge in [-0.1, -0.05) is 0 Å². The second-order valence-electron chi connectivity index (χ2n) is 6.89. The summed E-state index contributed by atoms with van der Waals surface area (Å²) < 4.78 is 4.73. The summed E-state index contributed by atoms with van der Waals surface area (Å²) in [6, 6.07) is 5.03. The van der Waals surface area contributed by atoms with E-state index in [1.54, 1.807) is 24.4 Å². The van der Waals surface area contributed by atoms with Crippen LogP contribution >= 0.6 is 15.9 Å². The minimum absolute atomic E-state index is 0. The first-order chi connectivity index (χ1) is 14.8. The fourth-order valence-electron chi connectivity index (χ4n) is 3.75. The van der Waals surface area contributed by atoms with Gasteiger partial charge in [-0.15, -0.1) is 0 Å². The standard InChI is InChI=1S/C20H20BrN7O3.BrH/c1-3-27-12-6-5-10(20(30)31)7-13(12)28(4-2)14(27)9-24-19(29)16-17(22)26-18-15(25-16)11(21)8-23-18;/h5-8H,3-4,9H2,1-2H3,(H4-,22,23,24,25,26,29,30,31);1H. The van der Waals surface area contributed by atoms with E-state index in [9.17, 15) is 14.7 Å². The first-order valence-corrected chi connectivity index (χ1v) is 10.5. The summed E-state index contributed by atoms with van der Waals surface area (Å²) in [6.45, 7) is 5.45. The highest BCUT2D eigenvalue weighted by atomic mass is 79.9. The average Bonchev–Trinajstić information content (AvgIpc) is 3.26. The highest BCUT2D eigenvalue weighted by molar-refractivity contribution is 9.10. The van der Waals surface area contributed by atoms with E-state index < -0.39 is 11.9 Å². The number of anilines is 1. The van der Waals surface area contributed by atoms with Crippen molar-refractivity contribution < 1.29 is 36.2 Å². The van der Waals surface area contributed by atoms with Crippen molar-refractivity contribution in [2.75, 3.05) is 5.73 Å². The molecule has 4 rings (SSSR count). The number of hydrogen-bond donors (Lipinski definition) is 4. The Balaban J connectivity index is 0.00000289. The Hall–Kier alpha value is -2.99. The number of aryl methyl sites for hydroxylation is 2. The number of nitrogens with zero attached hydrogens (tertiary/aromatic N) is 4. The van der Waals surface area contributed by atoms with Gasteiger partial charge in [0.25, 0.3) is 11.7 Å². The molecule has 0 saturated carbocycles. The Kier molecular flexibility index (Phi) is 6.84. The maximum atomic E-state index is 12.9. The van der Waals surface area contributed by atoms with Crippen molar-refractivity contribution in [3.05, 3.63) is 46.0 Å². The molecule has 168 valence electrons. The Bertz CT molecular complexity index is 1350. The molecule has 1 amide bonds. The summed E-state index contributed by atoms with van der Waals surface area (Å²) in [5.74, 6) is -0.554. The number of carbonyl (C=O) groups is 2. The van der Waals surface area contributed by atoms with E-state index in [0.717, 1.165) is 16.9 Å². The van der Waals surface area contributed by atoms with Crippen molar-refractivity contribution in [3.8, 4) is 0 Å². The lowest BCUT2D eigenvalue weighted by Crippen LogP contribution is -3.00. The number of carbonyl (C=O) groups excluding carboxylic acids is 1. The SMILES string of the molecule is CCn1c(CNC(=O)c2nc3c(Br)c[nH]c3nc2N)[n+](CC)c2ccc(C(=O)O)cc21.[Br-]. The molecule has 3 heterocycles. The van der Waals surface area contributed by atoms with Crippen molar-refractivity contribution >= 4 is 55.8 Å². The van der Waals surface area contributed by atoms with E-state index in [1.807, 2.05) is 23.0 Å². The molecular formula is C20H21Br2N7O3. The van der Waals surface area contributed by atoms with Crippen molar-refractivity contribution in [3.63, 3.8) is 0 Å². The van der Waals surface area contributed by atoms with Crippen LogP contribution in [-0.2, 0) is 19.6 Å². The molecule has 0 unspecified atom stereocenters. The Morgan fingerprint density at radius 2 is 2.06 bits per heavy atom. The van der Waals surface area contributed by atoms with Gasteiger partial charge in [0.1, 0.15) is 12.1 Å². The third-order valence-corrected chi connectivity index (χ3v) is 5.77. The maximum Gasteiger partial charge on any atom is 0.335 e. The van der Waals surface area contributed by atoms with Gasteiger partial charge in [0.2, 0.25) is 0 Å². The van der Waals surface area contributed by atoms with Crippen molar-refractivity contribution in [2.24, 2.45) is 0 Å². The number of benzene rings is 1. The molecule has 5 N–H and O–H groups in total. The Labute approximate surface area is 201 Å². The molecule has 0 aliphatic rings. The minimum Gasteiger partial charge on any atom is -1.00 e. The minimum atomic E-state index is -0.982. The molecule has 0 saturated heterocycles. The molecule has 10 nitrogen and oxygen atoms in total. The number of H-pyrrole nitrogens is 1. The van der Waals surface area contributed by atoms with Crippen LogP contribution in [0.3, 0.4) is 0 Å². The second kappa shape index (κ2) is 9.25. The largest absolute Gasteiger partial charge is 1.00 e. The molecule has 0 atom stereocenters. The normalized spacial score (nSPS) is 11.0. The van der Waals surface area contributed by atoms with Crippen LogP contribution in [0.15, 0.2) is 28.9 Å². The number of amides is 1. The number of rotatable bonds is 6. The molecule has 32 heavy (non-hydrogen) atoms. The summed E-state index contributed by atoms with van der Waals surface area (Å²) in [5.41, 5.74) is 8.91. The smallest absolute Gasteiger partial charge is 0.335 e. The number of nitrogen functional groups attached to an aromatic ring is 1. The topological polar surface area (TPSA) is 143 Å². The number of nitrogens with two attached hydrogens (primary N) is 1. The van der Waals surface area contributed by atoms with Crippen molar-refractivity contribution in [1.82, 2.24) is 24.8 Å². The zero-order valence-electron chi connectivity index (χ0n) is 17.3. The molecule has 0 aliphatic heterocycles. The van der Waals surface area contributed by atoms with Crippen LogP contribution < -0.4 is 32.6 Å². The molecule has 0 aliphatic carbocycles. The van der Waals surface area contributed by atoms with Gasteiger partial charge >= 0.3 is 5.97 Å². The lowest BCUT2D eigenvalue weighted by molar-refractivity contribution is -0.676. The van der Waals surface area contributed by atoms with E-state index in [-0.39, 0.29) is 40.6 Å². The summed E-state index contributed by atoms with van der Waals surface area (Å²) in [6.07, 6.45) is 1.68. The summed E-state index contributed by atoms with van der Waals surface area (Å²) in [4.78, 5) is 35.7. The molecular weight excluding hydrogens is 546 g/mol. The molecule has 1 aromatic carbocycles. The third-order valence-electron chi connectivity index (χ3n) is 5.17. The number of halogens is 2. The van der Waals surface area contributed by atoms with Crippen LogP contribution in [0, 0.1) is 0 Å². The number of carboxylic acid groups (broad SMARTS) is 1. The van der Waals surface area contributed by atoms with E-state index >= 15 is 0 Å². The molecule has 0 spiro atoms. The zero-order valence-corrected chi connectivity index (χ0v) is 20.5. The number of aromatic carboxylic acids is 1. The van der Waals surface area contributed by atoms with Gasteiger partial charge in [0.15, 0.2) is 28.2 Å². The van der Waals surface area contributed by atoms with Crippen LogP contribution in [0.4, 0.5) is 5.82 Å². The lowest BCUT2D eigenvalue weighted by Gasteiger charge is -2.07. The average molecular weight is 567 g/mol. The maximum absolute atomic E-state index is 12.9. The Morgan fingerprint density at radius 1 is 1.31 bits per heavy atom. The molecule has 0 bridgehead atoms. The van der Waals surface area contributed by atoms with E-state index in [1.165, 1.54) is 0 Å². The first kappa shape index (κ1) is 23.7. The molecule has 0 fully saturated rings. The Morgan fingerprint density at radius 3 is 2.72 bits per heavy atom. The summed E-state index contributed by atoms with van der Waals surface area (Å²) in [5, 5.41) is 12.2. The van der Waals surface area contributed by atoms with Gasteiger partial charge in [0.05, 0.1) is 23.1 Å². The zero-order chi connectivity index (χ0) is 22.3. The van der Waals surface area contributed by atoms with Gasteiger partial charge in [-0.2, -0.15) is 0 Å². The van der Waals surface area contributed by atoms with Gasteiger partial charge in [-0.05, 0) is 41.9 Å². The summed E-state index contributed by atoms with van der Waals surface area (Å²) >= 11 is 3.37. The highest BCUT2D eigenvalue weighted by Gasteiger charge is 2.25. The molecule has 3 aromatic heterocycles. The molecule has 0 radical (unpaired) electrons. The second-order valence-corrected chi connectivity index (χ2v) is 7.74. The van der Waals surface area contributed by atoms with Crippen LogP contribution in [0.2, 0.25) is 0 Å². The number of carboxylic acids is 1. The van der Waals surface area contributed by atoms with Crippen molar-refractivity contribution in [1.29, 1.82) is 0 Å². The van der Waals surface area contributed by atoms with Crippen molar-refractivity contribution in [2.45, 2.75) is 33.5 Å². The fraction of sp³-hybridized carbons (Fsp3) is 0.250. The van der Waals surface area contributed by atoms with Crippen LogP contribution in [0.25, 0.3) is 22.2 Å². The number of nitrogens with one attached hydrogen (secondary N) is 2. The predicted molar refractivity (Wildman–Crippen MR) is 118 cm³/mol. The van der Waals surface area contributed by atoms with E-state index in [4.69, 9.17) is 5.73 Å². The molecule has 12 heteroatoms. The molecule has 4 aromatic rings. The number of fused-ring (bicyclic) bond motifs is 2. The lowest BCUT2D eigenvalue weighted by atomic mass is 10.2. The summed E-state index contributed by atoms with van der Waals surface area (Å²) in [7, 11) is 0. The van der Waals surface area contributed by atoms with Gasteiger partial charge in [0, 0.05) is 12.3 Å². The van der Waals surface area contributed by atoms with Crippen LogP contribution in [0.1, 0.15) is 40.5 Å². The van der Waals surface area contributed by atoms with Crippen LogP contribution in [0.5, 0.6) is 0 Å². The van der Waals surface area contributed by atoms with E-state index in [2.05, 4.69) is 36.2 Å². The first-order valence-electron chi connectivity index (χ1n) is 9.72. The predicted octanol–water partition coefficient (Wildman–Crippen LogP) is -0.783.